The Labute approximate surface area is 301 Å². The molecule has 1 unspecified atom stereocenters. The van der Waals surface area contributed by atoms with E-state index in [0.29, 0.717) is 30.6 Å². The largest absolute Gasteiger partial charge is 0.508 e. The molecule has 3 N–H and O–H groups in total. The fourth-order valence-corrected chi connectivity index (χ4v) is 9.00. The molecule has 4 aromatic carbocycles. The lowest BCUT2D eigenvalue weighted by molar-refractivity contribution is -0.133. The Balaban J connectivity index is 0.844. The number of fused-ring (bicyclic) bond motifs is 1. The van der Waals surface area contributed by atoms with Gasteiger partial charge in [0, 0.05) is 75.6 Å². The van der Waals surface area contributed by atoms with E-state index in [1.54, 1.807) is 0 Å². The van der Waals surface area contributed by atoms with Crippen molar-refractivity contribution < 1.29 is 14.7 Å². The molecule has 0 aromatic heterocycles. The molecule has 3 atom stereocenters. The van der Waals surface area contributed by atoms with Crippen LogP contribution in [0.5, 0.6) is 5.75 Å². The Bertz CT molecular complexity index is 1830. The zero-order chi connectivity index (χ0) is 34.7. The third-order valence-corrected chi connectivity index (χ3v) is 11.7. The highest BCUT2D eigenvalue weighted by Gasteiger charge is 2.33. The molecule has 4 aliphatic rings. The maximum absolute atomic E-state index is 12.2. The van der Waals surface area contributed by atoms with Crippen LogP contribution in [-0.2, 0) is 22.6 Å². The van der Waals surface area contributed by atoms with Crippen molar-refractivity contribution in [2.24, 2.45) is 0 Å². The molecular formula is C43H49N5O3. The molecule has 3 fully saturated rings. The number of imide groups is 1. The van der Waals surface area contributed by atoms with Gasteiger partial charge in [0.1, 0.15) is 11.8 Å². The van der Waals surface area contributed by atoms with Crippen LogP contribution in [-0.4, -0.2) is 78.1 Å². The molecule has 3 aliphatic heterocycles. The van der Waals surface area contributed by atoms with Gasteiger partial charge in [0.15, 0.2) is 0 Å². The van der Waals surface area contributed by atoms with Crippen molar-refractivity contribution in [3.8, 4) is 5.75 Å². The summed E-state index contributed by atoms with van der Waals surface area (Å²) in [6.45, 7) is 7.35. The van der Waals surface area contributed by atoms with Gasteiger partial charge in [-0.1, -0.05) is 60.7 Å². The minimum Gasteiger partial charge on any atom is -0.508 e. The number of phenolic OH excluding ortho intramolecular Hbond substituents is 1. The number of aryl methyl sites for hydroxylation is 1. The number of rotatable bonds is 8. The summed E-state index contributed by atoms with van der Waals surface area (Å²) in [6, 6.07) is 34.9. The van der Waals surface area contributed by atoms with E-state index in [-0.39, 0.29) is 23.8 Å². The maximum Gasteiger partial charge on any atom is 0.249 e. The van der Waals surface area contributed by atoms with Crippen molar-refractivity contribution in [2.75, 3.05) is 49.5 Å². The molecule has 4 aromatic rings. The summed E-state index contributed by atoms with van der Waals surface area (Å²) in [6.07, 6.45) is 5.34. The van der Waals surface area contributed by atoms with Gasteiger partial charge in [0.2, 0.25) is 11.8 Å². The first-order valence-electron chi connectivity index (χ1n) is 18.8. The van der Waals surface area contributed by atoms with Crippen LogP contribution < -0.4 is 15.5 Å². The Morgan fingerprint density at radius 2 is 1.51 bits per heavy atom. The van der Waals surface area contributed by atoms with E-state index >= 15 is 0 Å². The number of hydrogen-bond acceptors (Lipinski definition) is 7. The molecule has 8 rings (SSSR count). The third kappa shape index (κ3) is 7.53. The van der Waals surface area contributed by atoms with E-state index in [0.717, 1.165) is 64.3 Å². The summed E-state index contributed by atoms with van der Waals surface area (Å²) in [7, 11) is 0. The Morgan fingerprint density at radius 3 is 2.27 bits per heavy atom. The summed E-state index contributed by atoms with van der Waals surface area (Å²) in [5.41, 5.74) is 8.84. The standard InChI is InChI=1S/C43H49N5O3/c49-37-14-16-39-33(28-37)11-15-38(31-6-2-1-3-7-31)42(39)32-9-12-35(13-10-32)47-21-19-36(20-22-47)48-25-23-46(24-26-48)29-30-5-4-8-34(27-30)44-40-17-18-41(50)45-43(40)51/h1-10,12-14,16,27-28,36,38,40,42,44,49H,11,15,17-26,29H2,(H,45,50,51)/t38-,40?,42+/m1/s1. The van der Waals surface area contributed by atoms with Gasteiger partial charge in [0.25, 0.3) is 0 Å². The molecule has 8 nitrogen and oxygen atoms in total. The number of nitrogens with zero attached hydrogens (tertiary/aromatic N) is 3. The topological polar surface area (TPSA) is 88.2 Å². The normalized spacial score (nSPS) is 23.5. The van der Waals surface area contributed by atoms with Crippen LogP contribution in [0.1, 0.15) is 71.8 Å². The van der Waals surface area contributed by atoms with Crippen molar-refractivity contribution in [2.45, 2.75) is 69.0 Å². The summed E-state index contributed by atoms with van der Waals surface area (Å²) in [5, 5.41) is 16.0. The van der Waals surface area contributed by atoms with Gasteiger partial charge >= 0.3 is 0 Å². The second-order valence-electron chi connectivity index (χ2n) is 14.9. The lowest BCUT2D eigenvalue weighted by Crippen LogP contribution is -2.53. The summed E-state index contributed by atoms with van der Waals surface area (Å²) < 4.78 is 0. The first kappa shape index (κ1) is 33.5. The molecular weight excluding hydrogens is 635 g/mol. The highest BCUT2D eigenvalue weighted by Crippen LogP contribution is 2.47. The maximum atomic E-state index is 12.2. The second kappa shape index (κ2) is 14.9. The molecule has 1 aliphatic carbocycles. The van der Waals surface area contributed by atoms with E-state index in [2.05, 4.69) is 98.1 Å². The SMILES string of the molecule is O=C1CCC(Nc2cccc(CN3CCN(C4CCN(c5ccc([C@@H]6c7ccc(O)cc7CC[C@@H]6c6ccccc6)cc5)CC4)CC3)c2)C(=O)N1. The van der Waals surface area contributed by atoms with Crippen molar-refractivity contribution in [3.05, 3.63) is 125 Å². The molecule has 2 amide bonds. The average Bonchev–Trinajstić information content (AvgIpc) is 3.16. The molecule has 8 heteroatoms. The second-order valence-corrected chi connectivity index (χ2v) is 14.9. The van der Waals surface area contributed by atoms with Crippen LogP contribution >= 0.6 is 0 Å². The highest BCUT2D eigenvalue weighted by molar-refractivity contribution is 6.01. The van der Waals surface area contributed by atoms with Crippen molar-refractivity contribution in [1.29, 1.82) is 0 Å². The quantitative estimate of drug-likeness (QED) is 0.189. The fraction of sp³-hybridized carbons (Fsp3) is 0.395. The van der Waals surface area contributed by atoms with Crippen LogP contribution in [0, 0.1) is 0 Å². The molecule has 0 radical (unpaired) electrons. The first-order valence-corrected chi connectivity index (χ1v) is 18.8. The summed E-state index contributed by atoms with van der Waals surface area (Å²) in [4.78, 5) is 31.5. The van der Waals surface area contributed by atoms with Crippen molar-refractivity contribution in [3.63, 3.8) is 0 Å². The number of phenols is 1. The number of hydrogen-bond donors (Lipinski definition) is 3. The Morgan fingerprint density at radius 1 is 0.725 bits per heavy atom. The van der Waals surface area contributed by atoms with E-state index in [4.69, 9.17) is 0 Å². The predicted molar refractivity (Wildman–Crippen MR) is 202 cm³/mol. The molecule has 51 heavy (non-hydrogen) atoms. The van der Waals surface area contributed by atoms with Gasteiger partial charge in [-0.25, -0.2) is 0 Å². The summed E-state index contributed by atoms with van der Waals surface area (Å²) in [5.74, 6) is 0.615. The average molecular weight is 684 g/mol. The van der Waals surface area contributed by atoms with Crippen LogP contribution in [0.2, 0.25) is 0 Å². The Hall–Kier alpha value is -4.66. The number of aromatic hydroxyl groups is 1. The van der Waals surface area contributed by atoms with E-state index in [1.807, 2.05) is 24.3 Å². The smallest absolute Gasteiger partial charge is 0.249 e. The van der Waals surface area contributed by atoms with E-state index in [9.17, 15) is 14.7 Å². The number of amides is 2. The lowest BCUT2D eigenvalue weighted by Gasteiger charge is -2.43. The zero-order valence-electron chi connectivity index (χ0n) is 29.3. The highest BCUT2D eigenvalue weighted by atomic mass is 16.3. The fourth-order valence-electron chi connectivity index (χ4n) is 9.00. The van der Waals surface area contributed by atoms with Crippen LogP contribution in [0.15, 0.2) is 97.1 Å². The van der Waals surface area contributed by atoms with E-state index in [1.165, 1.54) is 46.3 Å². The van der Waals surface area contributed by atoms with E-state index < -0.39 is 0 Å². The number of carbonyl (C=O) groups is 2. The van der Waals surface area contributed by atoms with Gasteiger partial charge in [0.05, 0.1) is 0 Å². The Kier molecular flexibility index (Phi) is 9.78. The van der Waals surface area contributed by atoms with Gasteiger partial charge in [-0.3, -0.25) is 24.7 Å². The number of nitrogens with one attached hydrogen (secondary N) is 2. The molecule has 0 spiro atoms. The molecule has 0 bridgehead atoms. The predicted octanol–water partition coefficient (Wildman–Crippen LogP) is 6.26. The third-order valence-electron chi connectivity index (χ3n) is 11.7. The minimum absolute atomic E-state index is 0.190. The number of anilines is 2. The lowest BCUT2D eigenvalue weighted by atomic mass is 9.69. The van der Waals surface area contributed by atoms with Gasteiger partial charge in [-0.05, 0) is 102 Å². The molecule has 264 valence electrons. The first-order chi connectivity index (χ1) is 25.0. The summed E-state index contributed by atoms with van der Waals surface area (Å²) >= 11 is 0. The van der Waals surface area contributed by atoms with Gasteiger partial charge < -0.3 is 15.3 Å². The zero-order valence-corrected chi connectivity index (χ0v) is 29.3. The molecule has 3 saturated heterocycles. The molecule has 3 heterocycles. The van der Waals surface area contributed by atoms with Crippen molar-refractivity contribution >= 4 is 23.2 Å². The number of benzene rings is 4. The monoisotopic (exact) mass is 683 g/mol. The number of piperazine rings is 1. The minimum atomic E-state index is -0.364. The van der Waals surface area contributed by atoms with Crippen LogP contribution in [0.25, 0.3) is 0 Å². The molecule has 0 saturated carbocycles. The number of carbonyl (C=O) groups excluding carboxylic acids is 2. The van der Waals surface area contributed by atoms with Gasteiger partial charge in [-0.15, -0.1) is 0 Å². The number of piperidine rings is 2. The van der Waals surface area contributed by atoms with Crippen LogP contribution in [0.4, 0.5) is 11.4 Å². The van der Waals surface area contributed by atoms with Crippen molar-refractivity contribution in [1.82, 2.24) is 15.1 Å². The van der Waals surface area contributed by atoms with Gasteiger partial charge in [-0.2, -0.15) is 0 Å². The van der Waals surface area contributed by atoms with Crippen LogP contribution in [0.3, 0.4) is 0 Å².